The number of rotatable bonds is 13. The molecule has 0 aliphatic heterocycles. The zero-order chi connectivity index (χ0) is 64.2. The minimum atomic E-state index is -0.503. The lowest BCUT2D eigenvalue weighted by Crippen LogP contribution is -2.18. The fourth-order valence-corrected chi connectivity index (χ4v) is 12.0. The number of aromatic nitrogens is 1. The Bertz CT molecular complexity index is 4960. The first-order valence-electron chi connectivity index (χ1n) is 32.8. The van der Waals surface area contributed by atoms with E-state index in [0.29, 0.717) is 11.4 Å². The smallest absolute Gasteiger partial charge is 0.0645 e. The topological polar surface area (TPSA) is 11.4 Å². The largest absolute Gasteiger partial charge is 0.309 e. The van der Waals surface area contributed by atoms with Crippen LogP contribution >= 0.6 is 0 Å². The van der Waals surface area contributed by atoms with Crippen LogP contribution in [0, 0.1) is 0 Å². The second-order valence-corrected chi connectivity index (χ2v) is 22.3. The average Bonchev–Trinajstić information content (AvgIpc) is 1.61. The molecule has 0 aliphatic carbocycles. The number of hydrogen-bond donors (Lipinski definition) is 0. The minimum absolute atomic E-state index is 0.00316. The summed E-state index contributed by atoms with van der Waals surface area (Å²) in [6, 6.07) is 93.6. The summed E-state index contributed by atoms with van der Waals surface area (Å²) in [6.45, 7) is 6.82. The van der Waals surface area contributed by atoms with Gasteiger partial charge in [-0.05, 0) is 116 Å². The number of para-hydroxylation sites is 4. The average molecular weight is 1100 g/mol. The molecule has 14 rings (SSSR count). The Kier molecular flexibility index (Phi) is 11.6. The van der Waals surface area contributed by atoms with Crippen LogP contribution in [0.5, 0.6) is 0 Å². The predicted molar refractivity (Wildman–Crippen MR) is 361 cm³/mol. The number of anilines is 6. The van der Waals surface area contributed by atoms with Crippen molar-refractivity contribution in [3.05, 3.63) is 333 Å². The number of benzene rings is 13. The fraction of sp³-hybridized carbons (Fsp3) is 0.0488. The van der Waals surface area contributed by atoms with Crippen LogP contribution in [-0.4, -0.2) is 4.57 Å². The van der Waals surface area contributed by atoms with E-state index in [-0.39, 0.29) is 39.3 Å². The number of hydrogen-bond acceptors (Lipinski definition) is 2. The summed E-state index contributed by atoms with van der Waals surface area (Å²) in [5, 5.41) is 0.00633. The summed E-state index contributed by atoms with van der Waals surface area (Å²) in [5.41, 5.74) is 18.3. The molecule has 14 aromatic rings. The van der Waals surface area contributed by atoms with Crippen molar-refractivity contribution in [1.29, 1.82) is 0 Å². The van der Waals surface area contributed by atoms with E-state index >= 15 is 0 Å². The summed E-state index contributed by atoms with van der Waals surface area (Å²) in [7, 11) is 0. The number of fused-ring (bicyclic) bond motifs is 3. The van der Waals surface area contributed by atoms with E-state index in [1.807, 2.05) is 78.9 Å². The van der Waals surface area contributed by atoms with Crippen LogP contribution in [0.1, 0.15) is 37.3 Å². The molecule has 0 fully saturated rings. The summed E-state index contributed by atoms with van der Waals surface area (Å²) in [6.07, 6.45) is 0. The molecular formula is C82H63N3. The zero-order valence-corrected chi connectivity index (χ0v) is 47.4. The van der Waals surface area contributed by atoms with Crippen molar-refractivity contribution in [1.82, 2.24) is 4.57 Å². The molecule has 0 radical (unpaired) electrons. The van der Waals surface area contributed by atoms with Crippen LogP contribution in [0.15, 0.2) is 327 Å². The minimum Gasteiger partial charge on any atom is -0.309 e. The van der Waals surface area contributed by atoms with Gasteiger partial charge in [-0.3, -0.25) is 0 Å². The maximum Gasteiger partial charge on any atom is 0.0645 e. The first-order chi connectivity index (χ1) is 45.2. The Balaban J connectivity index is 1.15. The molecule has 1 heterocycles. The van der Waals surface area contributed by atoms with Crippen LogP contribution in [0.25, 0.3) is 94.3 Å². The maximum atomic E-state index is 9.56. The van der Waals surface area contributed by atoms with Crippen molar-refractivity contribution < 1.29 is 11.0 Å². The molecule has 0 bridgehead atoms. The molecule has 0 saturated heterocycles. The second kappa shape index (κ2) is 22.5. The SMILES string of the molecule is [2H]c1c([2H])c([2H])c2c(c1[2H])c1c([2H])c([2H])c([2H])c([2H])c1n2-c1cccc(N(c2cc(-c3ccccc3)cc(N(c3ccc(-c4ccccc4)c(C(C)(C)C)c3)c3c(-c4ccccc4)cccc3-c3ccccc3)c2)c2c(-c3ccccc3)cccc2-c2ccccc2)c1. The number of nitrogens with zero attached hydrogens (tertiary/aromatic N) is 3. The lowest BCUT2D eigenvalue weighted by molar-refractivity contribution is 0.592. The quantitative estimate of drug-likeness (QED) is 0.114. The van der Waals surface area contributed by atoms with Crippen molar-refractivity contribution >= 4 is 55.9 Å². The van der Waals surface area contributed by atoms with E-state index in [0.717, 1.165) is 101 Å². The van der Waals surface area contributed by atoms with Gasteiger partial charge in [0.05, 0.1) is 33.4 Å². The Morgan fingerprint density at radius 2 is 0.659 bits per heavy atom. The summed E-state index contributed by atoms with van der Waals surface area (Å²) < 4.78 is 75.2. The van der Waals surface area contributed by atoms with Gasteiger partial charge < -0.3 is 14.4 Å². The van der Waals surface area contributed by atoms with Crippen molar-refractivity contribution in [3.63, 3.8) is 0 Å². The van der Waals surface area contributed by atoms with Crippen molar-refractivity contribution in [2.45, 2.75) is 26.2 Å². The van der Waals surface area contributed by atoms with Gasteiger partial charge in [0.1, 0.15) is 0 Å². The monoisotopic (exact) mass is 1100 g/mol. The van der Waals surface area contributed by atoms with Gasteiger partial charge in [0, 0.05) is 61.5 Å². The molecule has 0 saturated carbocycles. The molecule has 3 heteroatoms. The van der Waals surface area contributed by atoms with Gasteiger partial charge in [-0.1, -0.05) is 288 Å². The Morgan fingerprint density at radius 3 is 1.07 bits per heavy atom. The molecule has 406 valence electrons. The zero-order valence-electron chi connectivity index (χ0n) is 55.4. The van der Waals surface area contributed by atoms with E-state index < -0.39 is 36.3 Å². The first-order valence-corrected chi connectivity index (χ1v) is 28.8. The van der Waals surface area contributed by atoms with Crippen molar-refractivity contribution in [2.75, 3.05) is 9.80 Å². The highest BCUT2D eigenvalue weighted by molar-refractivity contribution is 6.09. The molecule has 85 heavy (non-hydrogen) atoms. The Labute approximate surface area is 510 Å². The van der Waals surface area contributed by atoms with Gasteiger partial charge in [0.15, 0.2) is 0 Å². The molecule has 0 N–H and O–H groups in total. The van der Waals surface area contributed by atoms with E-state index in [1.165, 1.54) is 0 Å². The van der Waals surface area contributed by atoms with Gasteiger partial charge in [-0.2, -0.15) is 0 Å². The second-order valence-electron chi connectivity index (χ2n) is 22.3. The molecule has 0 atom stereocenters. The van der Waals surface area contributed by atoms with E-state index in [2.05, 4.69) is 231 Å². The predicted octanol–water partition coefficient (Wildman–Crippen LogP) is 23.0. The third kappa shape index (κ3) is 10.1. The van der Waals surface area contributed by atoms with E-state index in [9.17, 15) is 5.48 Å². The Hall–Kier alpha value is -10.7. The van der Waals surface area contributed by atoms with Gasteiger partial charge in [0.25, 0.3) is 0 Å². The molecule has 3 nitrogen and oxygen atoms in total. The lowest BCUT2D eigenvalue weighted by Gasteiger charge is -2.35. The molecule has 0 spiro atoms. The third-order valence-corrected chi connectivity index (χ3v) is 15.9. The molecule has 0 amide bonds. The van der Waals surface area contributed by atoms with E-state index in [4.69, 9.17) is 5.48 Å². The highest BCUT2D eigenvalue weighted by Gasteiger charge is 2.29. The summed E-state index contributed by atoms with van der Waals surface area (Å²) in [5.74, 6) is 0. The van der Waals surface area contributed by atoms with Crippen molar-refractivity contribution in [2.24, 2.45) is 0 Å². The van der Waals surface area contributed by atoms with Crippen LogP contribution < -0.4 is 9.80 Å². The molecule has 0 unspecified atom stereocenters. The summed E-state index contributed by atoms with van der Waals surface area (Å²) >= 11 is 0. The normalized spacial score (nSPS) is 12.8. The van der Waals surface area contributed by atoms with Crippen LogP contribution in [0.3, 0.4) is 0 Å². The molecule has 1 aromatic heterocycles. The van der Waals surface area contributed by atoms with Crippen LogP contribution in [-0.2, 0) is 5.41 Å². The van der Waals surface area contributed by atoms with Gasteiger partial charge in [-0.25, -0.2) is 0 Å². The standard InChI is InChI=1S/C82H63N3/c1-82(2,3)77-57-67(51-52-70(77)59-31-12-5-13-32-59)84(81-73(62-37-18-8-19-38-62)47-28-48-74(81)63-39-20-9-21-40-63)69-54-64(58-29-10-4-11-30-58)53-68(56-69)83(80-71(60-33-14-6-15-34-60)45-27-46-72(80)61-35-16-7-17-36-61)65-41-26-42-66(55-65)85-78-49-24-22-43-75(78)76-44-23-25-50-79(76)85/h4-57H,1-3H3/i22D,23D,24D,25D,43D,44D,49D,50D. The van der Waals surface area contributed by atoms with Gasteiger partial charge in [-0.15, -0.1) is 0 Å². The molecule has 13 aromatic carbocycles. The fourth-order valence-electron chi connectivity index (χ4n) is 12.0. The van der Waals surface area contributed by atoms with Crippen LogP contribution in [0.2, 0.25) is 0 Å². The van der Waals surface area contributed by atoms with Gasteiger partial charge in [0.2, 0.25) is 0 Å². The first kappa shape index (κ1) is 43.9. The van der Waals surface area contributed by atoms with E-state index in [1.54, 1.807) is 4.57 Å². The highest BCUT2D eigenvalue weighted by Crippen LogP contribution is 2.53. The molecular weight excluding hydrogens is 1030 g/mol. The maximum absolute atomic E-state index is 9.56. The van der Waals surface area contributed by atoms with Gasteiger partial charge >= 0.3 is 0 Å². The van der Waals surface area contributed by atoms with Crippen molar-refractivity contribution in [3.8, 4) is 72.4 Å². The third-order valence-electron chi connectivity index (χ3n) is 15.9. The van der Waals surface area contributed by atoms with Crippen LogP contribution in [0.4, 0.5) is 34.1 Å². The molecule has 0 aliphatic rings. The Morgan fingerprint density at radius 1 is 0.294 bits per heavy atom. The highest BCUT2D eigenvalue weighted by atomic mass is 15.2. The summed E-state index contributed by atoms with van der Waals surface area (Å²) in [4.78, 5) is 4.71. The lowest BCUT2D eigenvalue weighted by atomic mass is 9.81.